The van der Waals surface area contributed by atoms with Crippen molar-refractivity contribution in [2.24, 2.45) is 5.92 Å². The number of hydrogen-bond donors (Lipinski definition) is 1. The molecule has 0 bridgehead atoms. The van der Waals surface area contributed by atoms with Crippen molar-refractivity contribution in [3.05, 3.63) is 65.7 Å². The van der Waals surface area contributed by atoms with E-state index in [9.17, 15) is 0 Å². The molecule has 0 spiro atoms. The number of aryl methyl sites for hydroxylation is 1. The molecule has 1 aliphatic heterocycles. The van der Waals surface area contributed by atoms with Gasteiger partial charge in [0.2, 0.25) is 0 Å². The van der Waals surface area contributed by atoms with Crippen LogP contribution in [0.1, 0.15) is 31.9 Å². The highest BCUT2D eigenvalue weighted by atomic mass is 17.2. The van der Waals surface area contributed by atoms with Gasteiger partial charge in [0, 0.05) is 11.6 Å². The molecule has 0 radical (unpaired) electrons. The highest BCUT2D eigenvalue weighted by Crippen LogP contribution is 2.37. The predicted octanol–water partition coefficient (Wildman–Crippen LogP) is 4.61. The maximum Gasteiger partial charge on any atom is 0.196 e. The molecule has 0 saturated carbocycles. The van der Waals surface area contributed by atoms with E-state index in [1.807, 2.05) is 63.2 Å². The number of ether oxygens (including phenoxy) is 1. The van der Waals surface area contributed by atoms with Crippen molar-refractivity contribution < 1.29 is 14.5 Å². The zero-order valence-corrected chi connectivity index (χ0v) is 14.7. The standard InChI is InChI=1S/C20H25NO3/c1-14(2)18-22-19(21-17-12-10-15(3)11-13-17)20(4,24-23-18)16-8-6-5-7-9-16/h5-14,18-19,21H,1-4H3/t18-,19+,20-/m0/s1. The number of rotatable bonds is 4. The summed E-state index contributed by atoms with van der Waals surface area (Å²) in [7, 11) is 0. The number of benzene rings is 2. The lowest BCUT2D eigenvalue weighted by atomic mass is 9.93. The molecule has 0 amide bonds. The number of nitrogens with one attached hydrogen (secondary N) is 1. The van der Waals surface area contributed by atoms with Crippen LogP contribution in [0, 0.1) is 12.8 Å². The average Bonchev–Trinajstić information content (AvgIpc) is 2.59. The summed E-state index contributed by atoms with van der Waals surface area (Å²) in [6.45, 7) is 8.13. The zero-order valence-electron chi connectivity index (χ0n) is 14.7. The molecule has 2 aromatic carbocycles. The molecule has 1 heterocycles. The Bertz CT molecular complexity index is 656. The fourth-order valence-electron chi connectivity index (χ4n) is 2.69. The molecule has 24 heavy (non-hydrogen) atoms. The molecule has 0 aromatic heterocycles. The van der Waals surface area contributed by atoms with Crippen LogP contribution in [0.2, 0.25) is 0 Å². The van der Waals surface area contributed by atoms with E-state index in [0.717, 1.165) is 11.3 Å². The minimum atomic E-state index is -0.752. The first-order chi connectivity index (χ1) is 11.5. The Morgan fingerprint density at radius 1 is 1.00 bits per heavy atom. The Labute approximate surface area is 143 Å². The van der Waals surface area contributed by atoms with Crippen LogP contribution in [-0.4, -0.2) is 12.5 Å². The van der Waals surface area contributed by atoms with Gasteiger partial charge in [-0.25, -0.2) is 9.78 Å². The van der Waals surface area contributed by atoms with E-state index >= 15 is 0 Å². The summed E-state index contributed by atoms with van der Waals surface area (Å²) in [5.74, 6) is 0.188. The Hall–Kier alpha value is -1.88. The van der Waals surface area contributed by atoms with Crippen LogP contribution in [0.4, 0.5) is 5.69 Å². The molecule has 3 atom stereocenters. The molecular formula is C20H25NO3. The molecule has 2 aromatic rings. The van der Waals surface area contributed by atoms with Crippen LogP contribution in [0.3, 0.4) is 0 Å². The largest absolute Gasteiger partial charge is 0.357 e. The molecule has 1 N–H and O–H groups in total. The van der Waals surface area contributed by atoms with Crippen molar-refractivity contribution in [2.75, 3.05) is 5.32 Å². The highest BCUT2D eigenvalue weighted by Gasteiger charge is 2.46. The molecule has 0 aliphatic carbocycles. The summed E-state index contributed by atoms with van der Waals surface area (Å²) in [5, 5.41) is 3.45. The molecule has 128 valence electrons. The minimum Gasteiger partial charge on any atom is -0.357 e. The summed E-state index contributed by atoms with van der Waals surface area (Å²) in [5.41, 5.74) is 2.45. The summed E-state index contributed by atoms with van der Waals surface area (Å²) in [4.78, 5) is 11.4. The Kier molecular flexibility index (Phi) is 4.90. The van der Waals surface area contributed by atoms with Crippen molar-refractivity contribution in [2.45, 2.75) is 45.8 Å². The smallest absolute Gasteiger partial charge is 0.196 e. The van der Waals surface area contributed by atoms with Crippen molar-refractivity contribution in [1.29, 1.82) is 0 Å². The summed E-state index contributed by atoms with van der Waals surface area (Å²) >= 11 is 0. The van der Waals surface area contributed by atoms with Crippen LogP contribution in [0.25, 0.3) is 0 Å². The second-order valence-corrected chi connectivity index (χ2v) is 6.79. The van der Waals surface area contributed by atoms with Gasteiger partial charge in [-0.1, -0.05) is 61.9 Å². The lowest BCUT2D eigenvalue weighted by Crippen LogP contribution is -2.53. The van der Waals surface area contributed by atoms with Gasteiger partial charge >= 0.3 is 0 Å². The zero-order chi connectivity index (χ0) is 17.2. The van der Waals surface area contributed by atoms with Gasteiger partial charge in [-0.15, -0.1) is 0 Å². The summed E-state index contributed by atoms with van der Waals surface area (Å²) in [6, 6.07) is 18.2. The van der Waals surface area contributed by atoms with Crippen molar-refractivity contribution in [1.82, 2.24) is 0 Å². The van der Waals surface area contributed by atoms with Crippen LogP contribution >= 0.6 is 0 Å². The third-order valence-electron chi connectivity index (χ3n) is 4.33. The number of hydrogen-bond acceptors (Lipinski definition) is 4. The lowest BCUT2D eigenvalue weighted by Gasteiger charge is -2.44. The molecule has 1 fully saturated rings. The van der Waals surface area contributed by atoms with E-state index in [4.69, 9.17) is 14.5 Å². The van der Waals surface area contributed by atoms with Crippen molar-refractivity contribution in [3.63, 3.8) is 0 Å². The van der Waals surface area contributed by atoms with Gasteiger partial charge in [0.05, 0.1) is 0 Å². The van der Waals surface area contributed by atoms with Gasteiger partial charge in [0.25, 0.3) is 0 Å². The van der Waals surface area contributed by atoms with E-state index in [1.165, 1.54) is 5.56 Å². The Morgan fingerprint density at radius 3 is 2.29 bits per heavy atom. The third kappa shape index (κ3) is 3.46. The molecule has 1 aliphatic rings. The van der Waals surface area contributed by atoms with Gasteiger partial charge in [-0.05, 0) is 31.5 Å². The maximum absolute atomic E-state index is 6.19. The fourth-order valence-corrected chi connectivity index (χ4v) is 2.69. The molecule has 4 heteroatoms. The first-order valence-electron chi connectivity index (χ1n) is 8.38. The third-order valence-corrected chi connectivity index (χ3v) is 4.33. The van der Waals surface area contributed by atoms with Crippen molar-refractivity contribution in [3.8, 4) is 0 Å². The molecule has 0 unspecified atom stereocenters. The van der Waals surface area contributed by atoms with Gasteiger partial charge in [0.1, 0.15) is 0 Å². The van der Waals surface area contributed by atoms with E-state index < -0.39 is 11.9 Å². The van der Waals surface area contributed by atoms with Gasteiger partial charge in [-0.2, -0.15) is 0 Å². The van der Waals surface area contributed by atoms with Crippen LogP contribution < -0.4 is 5.32 Å². The predicted molar refractivity (Wildman–Crippen MR) is 94.3 cm³/mol. The Balaban J connectivity index is 1.89. The van der Waals surface area contributed by atoms with Gasteiger partial charge < -0.3 is 10.1 Å². The lowest BCUT2D eigenvalue weighted by molar-refractivity contribution is -0.494. The second-order valence-electron chi connectivity index (χ2n) is 6.79. The van der Waals surface area contributed by atoms with Crippen LogP contribution in [0.5, 0.6) is 0 Å². The Morgan fingerprint density at radius 2 is 1.67 bits per heavy atom. The quantitative estimate of drug-likeness (QED) is 0.833. The van der Waals surface area contributed by atoms with Gasteiger partial charge in [0.15, 0.2) is 18.1 Å². The van der Waals surface area contributed by atoms with E-state index in [-0.39, 0.29) is 12.1 Å². The molecule has 3 rings (SSSR count). The van der Waals surface area contributed by atoms with Crippen LogP contribution in [0.15, 0.2) is 54.6 Å². The first kappa shape index (κ1) is 17.0. The highest BCUT2D eigenvalue weighted by molar-refractivity contribution is 5.46. The summed E-state index contributed by atoms with van der Waals surface area (Å²) in [6.07, 6.45) is -0.784. The second kappa shape index (κ2) is 6.93. The summed E-state index contributed by atoms with van der Waals surface area (Å²) < 4.78 is 6.19. The maximum atomic E-state index is 6.19. The average molecular weight is 327 g/mol. The minimum absolute atomic E-state index is 0.188. The van der Waals surface area contributed by atoms with E-state index in [2.05, 4.69) is 24.4 Å². The normalized spacial score (nSPS) is 27.2. The van der Waals surface area contributed by atoms with Crippen LogP contribution in [-0.2, 0) is 20.1 Å². The number of anilines is 1. The monoisotopic (exact) mass is 327 g/mol. The van der Waals surface area contributed by atoms with E-state index in [0.29, 0.717) is 0 Å². The van der Waals surface area contributed by atoms with E-state index in [1.54, 1.807) is 0 Å². The van der Waals surface area contributed by atoms with Gasteiger partial charge in [-0.3, -0.25) is 0 Å². The topological polar surface area (TPSA) is 39.7 Å². The first-order valence-corrected chi connectivity index (χ1v) is 8.38. The molecule has 1 saturated heterocycles. The SMILES string of the molecule is Cc1ccc(N[C@@H]2O[C@H](C(C)C)OO[C@@]2(C)c2ccccc2)cc1. The molecular weight excluding hydrogens is 302 g/mol. The fraction of sp³-hybridized carbons (Fsp3) is 0.400. The van der Waals surface area contributed by atoms with Crippen molar-refractivity contribution >= 4 is 5.69 Å². The molecule has 4 nitrogen and oxygen atoms in total.